The quantitative estimate of drug-likeness (QED) is 0.468. The van der Waals surface area contributed by atoms with E-state index < -0.39 is 6.30 Å². The molecule has 0 unspecified atom stereocenters. The second-order valence-corrected chi connectivity index (χ2v) is 9.79. The van der Waals surface area contributed by atoms with Crippen LogP contribution in [0.25, 0.3) is 16.5 Å². The standard InChI is InChI=1S/C24H24F3N5OS/c1-16-28-21(22(34-16)17-7-3-2-4-8-17)23(33)32-11-6-5-9-19(32)13-18-14-30-15-31(24(25,26)27)12-10-20(30)29-18/h2-4,7-8,10,12,14,19H,5-6,9,11,13,15H2,1H3/t19-/m0/s1. The molecule has 5 rings (SSSR count). The van der Waals surface area contributed by atoms with E-state index >= 15 is 0 Å². The highest BCUT2D eigenvalue weighted by molar-refractivity contribution is 7.15. The Bertz CT molecular complexity index is 1220. The van der Waals surface area contributed by atoms with Gasteiger partial charge in [0.05, 0.1) is 15.6 Å². The van der Waals surface area contributed by atoms with Gasteiger partial charge in [-0.1, -0.05) is 30.3 Å². The molecule has 6 nitrogen and oxygen atoms in total. The van der Waals surface area contributed by atoms with Crippen molar-refractivity contribution < 1.29 is 18.0 Å². The Labute approximate surface area is 199 Å². The van der Waals surface area contributed by atoms with Crippen molar-refractivity contribution in [2.75, 3.05) is 6.54 Å². The summed E-state index contributed by atoms with van der Waals surface area (Å²) in [6.45, 7) is 2.20. The minimum absolute atomic E-state index is 0.0773. The van der Waals surface area contributed by atoms with Crippen molar-refractivity contribution in [1.82, 2.24) is 24.3 Å². The molecule has 3 aromatic rings. The second kappa shape index (κ2) is 8.90. The predicted octanol–water partition coefficient (Wildman–Crippen LogP) is 5.32. The van der Waals surface area contributed by atoms with Crippen LogP contribution < -0.4 is 0 Å². The molecule has 0 saturated carbocycles. The molecule has 1 amide bonds. The number of alkyl halides is 3. The van der Waals surface area contributed by atoms with Gasteiger partial charge in [-0.3, -0.25) is 9.69 Å². The highest BCUT2D eigenvalue weighted by atomic mass is 32.1. The van der Waals surface area contributed by atoms with Crippen molar-refractivity contribution in [2.24, 2.45) is 0 Å². The summed E-state index contributed by atoms with van der Waals surface area (Å²) in [5.74, 6) is 0.394. The van der Waals surface area contributed by atoms with E-state index in [4.69, 9.17) is 0 Å². The van der Waals surface area contributed by atoms with E-state index in [1.54, 1.807) is 6.20 Å². The Morgan fingerprint density at radius 2 is 1.97 bits per heavy atom. The van der Waals surface area contributed by atoms with Gasteiger partial charge >= 0.3 is 6.30 Å². The third kappa shape index (κ3) is 4.46. The number of nitrogens with zero attached hydrogens (tertiary/aromatic N) is 5. The topological polar surface area (TPSA) is 54.3 Å². The Kier molecular flexibility index (Phi) is 5.93. The maximum atomic E-state index is 13.7. The van der Waals surface area contributed by atoms with E-state index in [0.717, 1.165) is 40.9 Å². The number of piperidine rings is 1. The molecule has 2 aliphatic heterocycles. The van der Waals surface area contributed by atoms with E-state index in [1.165, 1.54) is 22.0 Å². The third-order valence-corrected chi connectivity index (χ3v) is 7.22. The molecule has 10 heteroatoms. The number of amides is 1. The number of hydrogen-bond donors (Lipinski definition) is 0. The maximum absolute atomic E-state index is 13.7. The van der Waals surface area contributed by atoms with Gasteiger partial charge < -0.3 is 9.47 Å². The van der Waals surface area contributed by atoms with Gasteiger partial charge in [-0.25, -0.2) is 9.97 Å². The first kappa shape index (κ1) is 22.6. The van der Waals surface area contributed by atoms with Gasteiger partial charge in [0.1, 0.15) is 18.2 Å². The number of thiazole rings is 1. The number of hydrogen-bond acceptors (Lipinski definition) is 5. The minimum atomic E-state index is -4.44. The van der Waals surface area contributed by atoms with Crippen molar-refractivity contribution >= 4 is 23.3 Å². The number of halogens is 3. The Hall–Kier alpha value is -3.14. The molecule has 4 heterocycles. The van der Waals surface area contributed by atoms with Gasteiger partial charge in [-0.15, -0.1) is 11.3 Å². The number of aryl methyl sites for hydroxylation is 1. The summed E-state index contributed by atoms with van der Waals surface area (Å²) in [7, 11) is 0. The normalized spacial score (nSPS) is 18.3. The van der Waals surface area contributed by atoms with E-state index in [1.807, 2.05) is 42.2 Å². The maximum Gasteiger partial charge on any atom is 0.485 e. The van der Waals surface area contributed by atoms with Crippen LogP contribution in [-0.4, -0.2) is 49.1 Å². The Morgan fingerprint density at radius 1 is 1.18 bits per heavy atom. The minimum Gasteiger partial charge on any atom is -0.334 e. The van der Waals surface area contributed by atoms with Gasteiger partial charge in [0.15, 0.2) is 0 Å². The first-order chi connectivity index (χ1) is 16.3. The number of fused-ring (bicyclic) bond motifs is 1. The zero-order valence-electron chi connectivity index (χ0n) is 18.6. The fraction of sp³-hybridized carbons (Fsp3) is 0.375. The number of imidazole rings is 1. The lowest BCUT2D eigenvalue weighted by atomic mass is 9.97. The lowest BCUT2D eigenvalue weighted by Gasteiger charge is -2.35. The summed E-state index contributed by atoms with van der Waals surface area (Å²) in [6.07, 6.45) is 2.83. The summed E-state index contributed by atoms with van der Waals surface area (Å²) in [5, 5.41) is 0.832. The number of aromatic nitrogens is 3. The second-order valence-electron chi connectivity index (χ2n) is 8.58. The fourth-order valence-corrected chi connectivity index (χ4v) is 5.49. The molecule has 0 spiro atoms. The lowest BCUT2D eigenvalue weighted by molar-refractivity contribution is -0.236. The molecule has 0 bridgehead atoms. The molecule has 0 radical (unpaired) electrons. The van der Waals surface area contributed by atoms with Crippen LogP contribution in [0.3, 0.4) is 0 Å². The van der Waals surface area contributed by atoms with Crippen LogP contribution in [0.2, 0.25) is 0 Å². The molecule has 2 aromatic heterocycles. The molecular formula is C24H24F3N5OS. The summed E-state index contributed by atoms with van der Waals surface area (Å²) in [6, 6.07) is 9.70. The smallest absolute Gasteiger partial charge is 0.334 e. The van der Waals surface area contributed by atoms with Crippen LogP contribution in [0, 0.1) is 6.92 Å². The lowest BCUT2D eigenvalue weighted by Crippen LogP contribution is -2.45. The average molecular weight is 488 g/mol. The van der Waals surface area contributed by atoms with Crippen LogP contribution in [0.15, 0.2) is 42.7 Å². The van der Waals surface area contributed by atoms with E-state index in [0.29, 0.717) is 35.1 Å². The fourth-order valence-electron chi connectivity index (χ4n) is 4.58. The number of carbonyl (C=O) groups excluding carboxylic acids is 1. The van der Waals surface area contributed by atoms with Crippen molar-refractivity contribution in [3.05, 3.63) is 64.9 Å². The monoisotopic (exact) mass is 487 g/mol. The molecule has 0 N–H and O–H groups in total. The van der Waals surface area contributed by atoms with Crippen molar-refractivity contribution in [2.45, 2.75) is 51.6 Å². The van der Waals surface area contributed by atoms with Gasteiger partial charge in [0, 0.05) is 31.4 Å². The molecule has 1 fully saturated rings. The van der Waals surface area contributed by atoms with Gasteiger partial charge in [-0.05, 0) is 37.8 Å². The average Bonchev–Trinajstić information content (AvgIpc) is 3.41. The molecule has 1 aromatic carbocycles. The van der Waals surface area contributed by atoms with E-state index in [2.05, 4.69) is 9.97 Å². The van der Waals surface area contributed by atoms with Crippen LogP contribution in [-0.2, 0) is 13.1 Å². The Morgan fingerprint density at radius 3 is 2.74 bits per heavy atom. The molecule has 1 atom stereocenters. The SMILES string of the molecule is Cc1nc(C(=O)N2CCCC[C@H]2Cc2cn3c(n2)C=CN(C(F)(F)F)C3)c(-c2ccccc2)s1. The summed E-state index contributed by atoms with van der Waals surface area (Å²) < 4.78 is 40.7. The zero-order chi connectivity index (χ0) is 23.9. The predicted molar refractivity (Wildman–Crippen MR) is 124 cm³/mol. The van der Waals surface area contributed by atoms with Crippen molar-refractivity contribution in [3.8, 4) is 10.4 Å². The summed E-state index contributed by atoms with van der Waals surface area (Å²) in [4.78, 5) is 25.8. The number of carbonyl (C=O) groups is 1. The first-order valence-electron chi connectivity index (χ1n) is 11.2. The molecular weight excluding hydrogens is 463 g/mol. The van der Waals surface area contributed by atoms with Crippen molar-refractivity contribution in [1.29, 1.82) is 0 Å². The number of rotatable bonds is 4. The number of likely N-dealkylation sites (tertiary alicyclic amines) is 1. The van der Waals surface area contributed by atoms with Crippen molar-refractivity contribution in [3.63, 3.8) is 0 Å². The van der Waals surface area contributed by atoms with E-state index in [-0.39, 0.29) is 18.6 Å². The number of benzene rings is 1. The van der Waals surface area contributed by atoms with Gasteiger partial charge in [0.2, 0.25) is 0 Å². The largest absolute Gasteiger partial charge is 0.485 e. The molecule has 178 valence electrons. The molecule has 0 aliphatic carbocycles. The summed E-state index contributed by atoms with van der Waals surface area (Å²) in [5.41, 5.74) is 2.12. The third-order valence-electron chi connectivity index (χ3n) is 6.20. The summed E-state index contributed by atoms with van der Waals surface area (Å²) >= 11 is 1.51. The zero-order valence-corrected chi connectivity index (χ0v) is 19.4. The highest BCUT2D eigenvalue weighted by Crippen LogP contribution is 2.33. The van der Waals surface area contributed by atoms with E-state index in [9.17, 15) is 18.0 Å². The highest BCUT2D eigenvalue weighted by Gasteiger charge is 2.37. The molecule has 34 heavy (non-hydrogen) atoms. The van der Waals surface area contributed by atoms with Crippen LogP contribution in [0.4, 0.5) is 13.2 Å². The molecule has 2 aliphatic rings. The van der Waals surface area contributed by atoms with Gasteiger partial charge in [-0.2, -0.15) is 13.2 Å². The van der Waals surface area contributed by atoms with Gasteiger partial charge in [0.25, 0.3) is 5.91 Å². The molecule has 1 saturated heterocycles. The first-order valence-corrected chi connectivity index (χ1v) is 12.0. The Balaban J connectivity index is 1.37. The van der Waals surface area contributed by atoms with Crippen LogP contribution in [0.1, 0.15) is 46.3 Å². The van der Waals surface area contributed by atoms with Crippen LogP contribution in [0.5, 0.6) is 0 Å². The van der Waals surface area contributed by atoms with Crippen LogP contribution >= 0.6 is 11.3 Å².